The molecule has 1 fully saturated rings. The topological polar surface area (TPSA) is 40.4 Å². The summed E-state index contributed by atoms with van der Waals surface area (Å²) in [6.07, 6.45) is 4.28. The molecule has 0 bridgehead atoms. The van der Waals surface area contributed by atoms with Gasteiger partial charge in [0.2, 0.25) is 0 Å². The molecule has 0 aliphatic carbocycles. The number of nitrogens with one attached hydrogen (secondary N) is 2. The van der Waals surface area contributed by atoms with Gasteiger partial charge >= 0.3 is 0 Å². The SMILES string of the molecule is CC(C)N1CCC(c2coc3ccc(NC(=S)Nc4cccc(Br)c4Br)cc23)CC1. The minimum atomic E-state index is 0.541. The van der Waals surface area contributed by atoms with Crippen LogP contribution < -0.4 is 10.6 Å². The van der Waals surface area contributed by atoms with Gasteiger partial charge in [0.15, 0.2) is 5.11 Å². The molecular formula is C23H25Br2N3OS. The Morgan fingerprint density at radius 2 is 1.90 bits per heavy atom. The van der Waals surface area contributed by atoms with Crippen molar-refractivity contribution in [2.45, 2.75) is 38.6 Å². The molecule has 7 heteroatoms. The number of anilines is 2. The maximum Gasteiger partial charge on any atom is 0.175 e. The minimum absolute atomic E-state index is 0.541. The van der Waals surface area contributed by atoms with E-state index < -0.39 is 0 Å². The Kier molecular flexibility index (Phi) is 6.82. The van der Waals surface area contributed by atoms with E-state index in [9.17, 15) is 0 Å². The number of hydrogen-bond donors (Lipinski definition) is 2. The molecule has 0 saturated carbocycles. The third-order valence-corrected chi connectivity index (χ3v) is 8.01. The van der Waals surface area contributed by atoms with E-state index in [1.54, 1.807) is 0 Å². The molecule has 1 saturated heterocycles. The number of fused-ring (bicyclic) bond motifs is 1. The van der Waals surface area contributed by atoms with Crippen LogP contribution in [0.15, 0.2) is 56.0 Å². The summed E-state index contributed by atoms with van der Waals surface area (Å²) in [5.74, 6) is 0.541. The Labute approximate surface area is 199 Å². The van der Waals surface area contributed by atoms with Crippen molar-refractivity contribution >= 4 is 71.5 Å². The predicted octanol–water partition coefficient (Wildman–Crippen LogP) is 7.35. The van der Waals surface area contributed by atoms with E-state index in [1.165, 1.54) is 23.8 Å². The second kappa shape index (κ2) is 9.39. The largest absolute Gasteiger partial charge is 0.464 e. The average molecular weight is 551 g/mol. The molecule has 0 spiro atoms. The van der Waals surface area contributed by atoms with Gasteiger partial charge in [-0.15, -0.1) is 0 Å². The molecule has 4 rings (SSSR count). The molecule has 0 amide bonds. The highest BCUT2D eigenvalue weighted by molar-refractivity contribution is 9.13. The third kappa shape index (κ3) is 4.74. The minimum Gasteiger partial charge on any atom is -0.464 e. The average Bonchev–Trinajstić information content (AvgIpc) is 3.14. The van der Waals surface area contributed by atoms with Gasteiger partial charge in [-0.3, -0.25) is 0 Å². The number of likely N-dealkylation sites (tertiary alicyclic amines) is 1. The first-order valence-corrected chi connectivity index (χ1v) is 12.2. The van der Waals surface area contributed by atoms with E-state index in [2.05, 4.69) is 67.3 Å². The summed E-state index contributed by atoms with van der Waals surface area (Å²) in [6, 6.07) is 12.7. The van der Waals surface area contributed by atoms with Gasteiger partial charge < -0.3 is 20.0 Å². The Balaban J connectivity index is 1.49. The summed E-state index contributed by atoms with van der Waals surface area (Å²) in [5, 5.41) is 8.27. The second-order valence-electron chi connectivity index (χ2n) is 7.99. The smallest absolute Gasteiger partial charge is 0.175 e. The quantitative estimate of drug-likeness (QED) is 0.332. The molecule has 1 aliphatic heterocycles. The summed E-state index contributed by atoms with van der Waals surface area (Å²) < 4.78 is 7.77. The van der Waals surface area contributed by atoms with E-state index in [4.69, 9.17) is 16.6 Å². The van der Waals surface area contributed by atoms with Gasteiger partial charge in [0.05, 0.1) is 16.4 Å². The lowest BCUT2D eigenvalue weighted by atomic mass is 9.88. The summed E-state index contributed by atoms with van der Waals surface area (Å²) >= 11 is 12.6. The van der Waals surface area contributed by atoms with Crippen LogP contribution in [-0.2, 0) is 0 Å². The summed E-state index contributed by atoms with van der Waals surface area (Å²) in [4.78, 5) is 2.55. The van der Waals surface area contributed by atoms with Crippen molar-refractivity contribution in [1.29, 1.82) is 0 Å². The fourth-order valence-electron chi connectivity index (χ4n) is 4.05. The Morgan fingerprint density at radius 3 is 2.63 bits per heavy atom. The third-order valence-electron chi connectivity index (χ3n) is 5.76. The van der Waals surface area contributed by atoms with Crippen LogP contribution in [0.2, 0.25) is 0 Å². The number of nitrogens with zero attached hydrogens (tertiary/aromatic N) is 1. The van der Waals surface area contributed by atoms with Crippen molar-refractivity contribution in [2.75, 3.05) is 23.7 Å². The molecule has 0 unspecified atom stereocenters. The molecule has 2 aromatic carbocycles. The fraction of sp³-hybridized carbons (Fsp3) is 0.348. The lowest BCUT2D eigenvalue weighted by molar-refractivity contribution is 0.172. The fourth-order valence-corrected chi connectivity index (χ4v) is 5.01. The van der Waals surface area contributed by atoms with Crippen molar-refractivity contribution < 1.29 is 4.42 Å². The van der Waals surface area contributed by atoms with Crippen LogP contribution in [0.5, 0.6) is 0 Å². The molecule has 4 nitrogen and oxygen atoms in total. The number of thiocarbonyl (C=S) groups is 1. The van der Waals surface area contributed by atoms with Crippen molar-refractivity contribution in [3.05, 3.63) is 57.2 Å². The summed E-state index contributed by atoms with van der Waals surface area (Å²) in [5.41, 5.74) is 4.10. The first-order valence-electron chi connectivity index (χ1n) is 10.2. The van der Waals surface area contributed by atoms with E-state index in [1.807, 2.05) is 36.6 Å². The summed E-state index contributed by atoms with van der Waals surface area (Å²) in [7, 11) is 0. The van der Waals surface area contributed by atoms with Crippen molar-refractivity contribution in [3.8, 4) is 0 Å². The molecule has 2 N–H and O–H groups in total. The van der Waals surface area contributed by atoms with Crippen LogP contribution in [0.4, 0.5) is 11.4 Å². The van der Waals surface area contributed by atoms with Gasteiger partial charge in [-0.2, -0.15) is 0 Å². The molecule has 1 aliphatic rings. The Hall–Kier alpha value is -1.41. The number of benzene rings is 2. The standard InChI is InChI=1S/C23H25Br2N3OS/c1-14(2)28-10-8-15(9-11-28)18-13-29-21-7-6-16(12-17(18)21)26-23(30)27-20-5-3-4-19(24)22(20)25/h3-7,12-15H,8-11H2,1-2H3,(H2,26,27,30). The van der Waals surface area contributed by atoms with Gasteiger partial charge in [-0.05, 0) is 120 Å². The molecule has 30 heavy (non-hydrogen) atoms. The molecular weight excluding hydrogens is 526 g/mol. The highest BCUT2D eigenvalue weighted by atomic mass is 79.9. The van der Waals surface area contributed by atoms with Crippen LogP contribution in [-0.4, -0.2) is 29.1 Å². The monoisotopic (exact) mass is 549 g/mol. The number of hydrogen-bond acceptors (Lipinski definition) is 3. The number of furan rings is 1. The zero-order valence-corrected chi connectivity index (χ0v) is 21.0. The first kappa shape index (κ1) is 21.8. The van der Waals surface area contributed by atoms with Gasteiger partial charge in [-0.1, -0.05) is 6.07 Å². The van der Waals surface area contributed by atoms with E-state index >= 15 is 0 Å². The molecule has 0 radical (unpaired) electrons. The Morgan fingerprint density at radius 1 is 1.13 bits per heavy atom. The highest BCUT2D eigenvalue weighted by Crippen LogP contribution is 2.36. The van der Waals surface area contributed by atoms with Crippen molar-refractivity contribution in [2.24, 2.45) is 0 Å². The first-order chi connectivity index (χ1) is 14.4. The van der Waals surface area contributed by atoms with Gasteiger partial charge in [0.1, 0.15) is 5.58 Å². The van der Waals surface area contributed by atoms with Crippen LogP contribution in [0.1, 0.15) is 38.2 Å². The molecule has 158 valence electrons. The van der Waals surface area contributed by atoms with E-state index in [0.717, 1.165) is 39.0 Å². The van der Waals surface area contributed by atoms with E-state index in [-0.39, 0.29) is 0 Å². The maximum absolute atomic E-state index is 5.86. The van der Waals surface area contributed by atoms with Crippen LogP contribution >= 0.6 is 44.1 Å². The lowest BCUT2D eigenvalue weighted by Crippen LogP contribution is -2.37. The molecule has 1 aromatic heterocycles. The molecule has 0 atom stereocenters. The normalized spacial score (nSPS) is 15.6. The molecule has 2 heterocycles. The van der Waals surface area contributed by atoms with E-state index in [0.29, 0.717) is 17.1 Å². The lowest BCUT2D eigenvalue weighted by Gasteiger charge is -2.34. The van der Waals surface area contributed by atoms with Crippen molar-refractivity contribution in [1.82, 2.24) is 4.90 Å². The number of rotatable bonds is 4. The number of halogens is 2. The zero-order chi connectivity index (χ0) is 21.3. The summed E-state index contributed by atoms with van der Waals surface area (Å²) in [6.45, 7) is 6.83. The van der Waals surface area contributed by atoms with Gasteiger partial charge in [0, 0.05) is 27.2 Å². The van der Waals surface area contributed by atoms with Gasteiger partial charge in [-0.25, -0.2) is 0 Å². The van der Waals surface area contributed by atoms with Crippen LogP contribution in [0.3, 0.4) is 0 Å². The maximum atomic E-state index is 5.86. The van der Waals surface area contributed by atoms with Crippen LogP contribution in [0.25, 0.3) is 11.0 Å². The highest BCUT2D eigenvalue weighted by Gasteiger charge is 2.24. The predicted molar refractivity (Wildman–Crippen MR) is 137 cm³/mol. The molecule has 3 aromatic rings. The van der Waals surface area contributed by atoms with Crippen molar-refractivity contribution in [3.63, 3.8) is 0 Å². The Bertz CT molecular complexity index is 1060. The number of piperidine rings is 1. The van der Waals surface area contributed by atoms with Crippen LogP contribution in [0, 0.1) is 0 Å². The zero-order valence-electron chi connectivity index (χ0n) is 17.0. The van der Waals surface area contributed by atoms with Gasteiger partial charge in [0.25, 0.3) is 0 Å². The second-order valence-corrected chi connectivity index (χ2v) is 10.0.